The number of carbonyl (C=O) groups is 1. The Morgan fingerprint density at radius 1 is 1.19 bits per heavy atom. The topological polar surface area (TPSA) is 106 Å². The first-order chi connectivity index (χ1) is 17.1. The van der Waals surface area contributed by atoms with Crippen molar-refractivity contribution in [1.82, 2.24) is 5.32 Å². The van der Waals surface area contributed by atoms with Crippen molar-refractivity contribution in [1.29, 1.82) is 5.41 Å². The third-order valence-electron chi connectivity index (χ3n) is 5.03. The number of anilines is 2. The van der Waals surface area contributed by atoms with Crippen LogP contribution >= 0.6 is 0 Å². The Balaban J connectivity index is 2.20. The van der Waals surface area contributed by atoms with Gasteiger partial charge in [-0.1, -0.05) is 50.3 Å². The van der Waals surface area contributed by atoms with Crippen LogP contribution in [-0.2, 0) is 0 Å². The molecule has 0 spiro atoms. The van der Waals surface area contributed by atoms with E-state index in [2.05, 4.69) is 22.5 Å². The summed E-state index contributed by atoms with van der Waals surface area (Å²) in [6, 6.07) is 10.8. The number of hydrogen-bond acceptors (Lipinski definition) is 5. The molecule has 0 unspecified atom stereocenters. The van der Waals surface area contributed by atoms with Gasteiger partial charge in [0.1, 0.15) is 23.1 Å². The van der Waals surface area contributed by atoms with E-state index in [0.29, 0.717) is 11.4 Å². The molecule has 0 bridgehead atoms. The first kappa shape index (κ1) is 28.1. The molecule has 2 aromatic rings. The maximum Gasteiger partial charge on any atom is 0.324 e. The Morgan fingerprint density at radius 3 is 2.47 bits per heavy atom. The number of carbonyl (C=O) groups excluding carboxylic acids is 1. The second-order valence-electron chi connectivity index (χ2n) is 8.63. The molecule has 0 atom stereocenters. The van der Waals surface area contributed by atoms with Gasteiger partial charge in [-0.2, -0.15) is 0 Å². The standard InChI is InChI=1S/C28H33FN4O3/c1-6-8-21(9-7-2)36-22-14-15-24(23(29)16-22)32-27(35)33-26(17-25(30)28(4,5)18-34)31-20-12-10-19(3)11-13-20/h6-17,30-31,34H,1,18H2,2-5H3,(H2,32,33,35)/b9-7-,21-8+,26-17+,30-25?. The third kappa shape index (κ3) is 8.56. The molecule has 0 saturated heterocycles. The second-order valence-corrected chi connectivity index (χ2v) is 8.63. The van der Waals surface area contributed by atoms with Crippen molar-refractivity contribution in [3.63, 3.8) is 0 Å². The van der Waals surface area contributed by atoms with Gasteiger partial charge in [-0.15, -0.1) is 0 Å². The predicted octanol–water partition coefficient (Wildman–Crippen LogP) is 6.27. The fourth-order valence-corrected chi connectivity index (χ4v) is 2.80. The Kier molecular flexibility index (Phi) is 10.2. The SMILES string of the molecule is C=C/C=C(\C=C/C)Oc1ccc(NC(=O)N/C(=C/C(=N)C(C)(C)CO)Nc2ccc(C)cc2)c(F)c1. The van der Waals surface area contributed by atoms with Crippen LogP contribution in [0.1, 0.15) is 26.3 Å². The first-order valence-corrected chi connectivity index (χ1v) is 11.3. The van der Waals surface area contributed by atoms with Crippen molar-refractivity contribution in [2.24, 2.45) is 5.41 Å². The lowest BCUT2D eigenvalue weighted by Gasteiger charge is -2.22. The minimum atomic E-state index is -0.827. The minimum absolute atomic E-state index is 0.0550. The van der Waals surface area contributed by atoms with Crippen LogP contribution < -0.4 is 20.7 Å². The highest BCUT2D eigenvalue weighted by Gasteiger charge is 2.22. The maximum atomic E-state index is 14.7. The van der Waals surface area contributed by atoms with E-state index in [0.717, 1.165) is 11.6 Å². The molecule has 5 N–H and O–H groups in total. The zero-order valence-electron chi connectivity index (χ0n) is 21.0. The normalized spacial score (nSPS) is 12.3. The van der Waals surface area contributed by atoms with Crippen LogP contribution in [0.15, 0.2) is 91.0 Å². The minimum Gasteiger partial charge on any atom is -0.457 e. The van der Waals surface area contributed by atoms with Gasteiger partial charge in [0.2, 0.25) is 0 Å². The fraction of sp³-hybridized carbons (Fsp3) is 0.214. The summed E-state index contributed by atoms with van der Waals surface area (Å²) in [6.07, 6.45) is 8.11. The first-order valence-electron chi connectivity index (χ1n) is 11.3. The number of aliphatic hydroxyl groups is 1. The van der Waals surface area contributed by atoms with Gasteiger partial charge in [0.05, 0.1) is 12.3 Å². The molecule has 8 heteroatoms. The summed E-state index contributed by atoms with van der Waals surface area (Å²) in [5.74, 6) is 0.239. The maximum absolute atomic E-state index is 14.7. The van der Waals surface area contributed by atoms with Gasteiger partial charge in [0.25, 0.3) is 0 Å². The molecule has 2 amide bonds. The van der Waals surface area contributed by atoms with Crippen LogP contribution in [0.25, 0.3) is 0 Å². The molecule has 36 heavy (non-hydrogen) atoms. The average molecular weight is 493 g/mol. The van der Waals surface area contributed by atoms with Gasteiger partial charge in [-0.3, -0.25) is 5.32 Å². The van der Waals surface area contributed by atoms with E-state index in [1.807, 2.05) is 38.1 Å². The molecule has 0 fully saturated rings. The van der Waals surface area contributed by atoms with Gasteiger partial charge in [-0.25, -0.2) is 9.18 Å². The Bertz CT molecular complexity index is 1180. The summed E-state index contributed by atoms with van der Waals surface area (Å²) in [4.78, 5) is 12.7. The van der Waals surface area contributed by atoms with Crippen LogP contribution in [0.5, 0.6) is 5.75 Å². The molecule has 0 aliphatic heterocycles. The number of rotatable bonds is 11. The van der Waals surface area contributed by atoms with Gasteiger partial charge < -0.3 is 25.9 Å². The molecule has 2 aromatic carbocycles. The average Bonchev–Trinajstić information content (AvgIpc) is 2.82. The lowest BCUT2D eigenvalue weighted by molar-refractivity contribution is 0.213. The quantitative estimate of drug-likeness (QED) is 0.145. The molecule has 7 nitrogen and oxygen atoms in total. The number of allylic oxidation sites excluding steroid dienone is 5. The zero-order chi connectivity index (χ0) is 26.7. The van der Waals surface area contributed by atoms with E-state index in [-0.39, 0.29) is 29.6 Å². The molecule has 0 heterocycles. The fourth-order valence-electron chi connectivity index (χ4n) is 2.80. The number of amides is 2. The molecule has 190 valence electrons. The summed E-state index contributed by atoms with van der Waals surface area (Å²) in [6.45, 7) is 10.6. The highest BCUT2D eigenvalue weighted by Crippen LogP contribution is 2.23. The van der Waals surface area contributed by atoms with Gasteiger partial charge in [0, 0.05) is 29.0 Å². The van der Waals surface area contributed by atoms with Gasteiger partial charge >= 0.3 is 6.03 Å². The highest BCUT2D eigenvalue weighted by molar-refractivity contribution is 5.99. The van der Waals surface area contributed by atoms with Crippen LogP contribution in [0.2, 0.25) is 0 Å². The van der Waals surface area contributed by atoms with Crippen LogP contribution in [0.3, 0.4) is 0 Å². The molecular weight excluding hydrogens is 459 g/mol. The number of nitrogens with one attached hydrogen (secondary N) is 4. The van der Waals surface area contributed by atoms with Crippen molar-refractivity contribution in [2.45, 2.75) is 27.7 Å². The monoisotopic (exact) mass is 492 g/mol. The van der Waals surface area contributed by atoms with Gasteiger partial charge in [-0.05, 0) is 50.3 Å². The number of urea groups is 1. The number of aryl methyl sites for hydroxylation is 1. The number of hydrogen-bond donors (Lipinski definition) is 5. The lowest BCUT2D eigenvalue weighted by atomic mass is 9.88. The van der Waals surface area contributed by atoms with Crippen molar-refractivity contribution in [3.05, 3.63) is 102 Å². The van der Waals surface area contributed by atoms with E-state index < -0.39 is 17.3 Å². The lowest BCUT2D eigenvalue weighted by Crippen LogP contribution is -2.34. The van der Waals surface area contributed by atoms with Crippen molar-refractivity contribution >= 4 is 23.1 Å². The molecule has 0 aliphatic carbocycles. The van der Waals surface area contributed by atoms with E-state index in [1.165, 1.54) is 18.2 Å². The Labute approximate surface area is 211 Å². The highest BCUT2D eigenvalue weighted by atomic mass is 19.1. The number of aliphatic hydroxyl groups excluding tert-OH is 1. The van der Waals surface area contributed by atoms with Crippen molar-refractivity contribution in [2.75, 3.05) is 17.2 Å². The summed E-state index contributed by atoms with van der Waals surface area (Å²) in [7, 11) is 0. The van der Waals surface area contributed by atoms with Crippen molar-refractivity contribution in [3.8, 4) is 5.75 Å². The van der Waals surface area contributed by atoms with Crippen LogP contribution in [0, 0.1) is 23.6 Å². The van der Waals surface area contributed by atoms with E-state index in [4.69, 9.17) is 10.1 Å². The molecule has 0 saturated carbocycles. The second kappa shape index (κ2) is 13.1. The Morgan fingerprint density at radius 2 is 1.89 bits per heavy atom. The van der Waals surface area contributed by atoms with Crippen molar-refractivity contribution < 1.29 is 19.0 Å². The predicted molar refractivity (Wildman–Crippen MR) is 144 cm³/mol. The summed E-state index contributed by atoms with van der Waals surface area (Å²) in [5.41, 5.74) is 0.954. The summed E-state index contributed by atoms with van der Waals surface area (Å²) < 4.78 is 20.3. The van der Waals surface area contributed by atoms with Crippen LogP contribution in [-0.4, -0.2) is 23.5 Å². The molecule has 0 aromatic heterocycles. The molecule has 0 radical (unpaired) electrons. The van der Waals surface area contributed by atoms with E-state index >= 15 is 0 Å². The van der Waals surface area contributed by atoms with Gasteiger partial charge in [0.15, 0.2) is 0 Å². The third-order valence-corrected chi connectivity index (χ3v) is 5.03. The Hall–Kier alpha value is -4.17. The zero-order valence-corrected chi connectivity index (χ0v) is 21.0. The molecule has 0 aliphatic rings. The van der Waals surface area contributed by atoms with E-state index in [9.17, 15) is 14.3 Å². The number of halogens is 1. The molecule has 2 rings (SSSR count). The smallest absolute Gasteiger partial charge is 0.324 e. The van der Waals surface area contributed by atoms with E-state index in [1.54, 1.807) is 38.2 Å². The van der Waals surface area contributed by atoms with Crippen LogP contribution in [0.4, 0.5) is 20.6 Å². The number of benzene rings is 2. The number of ether oxygens (including phenoxy) is 1. The molecular formula is C28H33FN4O3. The summed E-state index contributed by atoms with van der Waals surface area (Å²) in [5, 5.41) is 26.0. The largest absolute Gasteiger partial charge is 0.457 e. The summed E-state index contributed by atoms with van der Waals surface area (Å²) >= 11 is 0.